The fourth-order valence-corrected chi connectivity index (χ4v) is 5.11. The molecule has 4 rings (SSSR count). The van der Waals surface area contributed by atoms with Gasteiger partial charge in [-0.25, -0.2) is 12.8 Å². The number of hydrogen-bond acceptors (Lipinski definition) is 5. The molecule has 1 saturated heterocycles. The molecule has 1 aromatic heterocycles. The van der Waals surface area contributed by atoms with E-state index in [4.69, 9.17) is 4.42 Å². The average molecular weight is 387 g/mol. The molecule has 1 aliphatic heterocycles. The van der Waals surface area contributed by atoms with Gasteiger partial charge in [-0.15, -0.1) is 10.2 Å². The average Bonchev–Trinajstić information content (AvgIpc) is 3.32. The van der Waals surface area contributed by atoms with Crippen LogP contribution in [0.3, 0.4) is 0 Å². The largest absolute Gasteiger partial charge is 0.421 e. The van der Waals surface area contributed by atoms with Crippen molar-refractivity contribution < 1.29 is 17.2 Å². The number of rotatable bonds is 4. The van der Waals surface area contributed by atoms with Crippen molar-refractivity contribution in [1.29, 1.82) is 0 Å². The molecule has 1 fully saturated rings. The van der Waals surface area contributed by atoms with Crippen LogP contribution in [-0.2, 0) is 10.0 Å². The summed E-state index contributed by atoms with van der Waals surface area (Å²) in [6.45, 7) is 2.10. The normalized spacial score (nSPS) is 18.1. The topological polar surface area (TPSA) is 76.3 Å². The monoisotopic (exact) mass is 387 g/mol. The molecule has 0 N–H and O–H groups in total. The second-order valence-corrected chi connectivity index (χ2v) is 8.37. The lowest BCUT2D eigenvalue weighted by Crippen LogP contribution is -2.30. The van der Waals surface area contributed by atoms with Crippen molar-refractivity contribution in [1.82, 2.24) is 14.5 Å². The number of aromatic nitrogens is 2. The Labute approximate surface area is 156 Å². The van der Waals surface area contributed by atoms with E-state index in [1.807, 2.05) is 0 Å². The molecule has 1 atom stereocenters. The van der Waals surface area contributed by atoms with Crippen LogP contribution in [0.4, 0.5) is 4.39 Å². The summed E-state index contributed by atoms with van der Waals surface area (Å²) in [6.07, 6.45) is 1.46. The Morgan fingerprint density at radius 1 is 1.15 bits per heavy atom. The van der Waals surface area contributed by atoms with Crippen LogP contribution in [0.25, 0.3) is 11.5 Å². The predicted molar refractivity (Wildman–Crippen MR) is 96.7 cm³/mol. The van der Waals surface area contributed by atoms with Crippen LogP contribution in [0.5, 0.6) is 0 Å². The Morgan fingerprint density at radius 3 is 2.63 bits per heavy atom. The van der Waals surface area contributed by atoms with Gasteiger partial charge >= 0.3 is 0 Å². The summed E-state index contributed by atoms with van der Waals surface area (Å²) < 4.78 is 46.6. The van der Waals surface area contributed by atoms with Gasteiger partial charge in [0.25, 0.3) is 0 Å². The molecule has 0 aliphatic carbocycles. The van der Waals surface area contributed by atoms with Gasteiger partial charge in [-0.2, -0.15) is 4.31 Å². The number of halogens is 1. The van der Waals surface area contributed by atoms with Gasteiger partial charge in [-0.3, -0.25) is 0 Å². The van der Waals surface area contributed by atoms with Crippen molar-refractivity contribution in [3.05, 3.63) is 65.8 Å². The molecule has 3 aromatic rings. The standard InChI is InChI=1S/C19H18FN3O3S/c1-13-21-22-19(26-13)15-4-2-5-17(12-15)27(24,25)23-11-3-6-18(23)14-7-9-16(20)10-8-14/h2,4-5,7-10,12,18H,3,6,11H2,1H3/t18-/m1/s1. The first-order valence-electron chi connectivity index (χ1n) is 8.63. The van der Waals surface area contributed by atoms with Crippen LogP contribution in [0.1, 0.15) is 30.3 Å². The first-order valence-corrected chi connectivity index (χ1v) is 10.1. The maximum atomic E-state index is 13.3. The van der Waals surface area contributed by atoms with E-state index in [0.29, 0.717) is 24.4 Å². The summed E-state index contributed by atoms with van der Waals surface area (Å²) in [5, 5.41) is 7.73. The van der Waals surface area contributed by atoms with Crippen LogP contribution in [0, 0.1) is 12.7 Å². The first-order chi connectivity index (χ1) is 12.9. The SMILES string of the molecule is Cc1nnc(-c2cccc(S(=O)(=O)N3CCC[C@@H]3c3ccc(F)cc3)c2)o1. The molecule has 1 aliphatic rings. The van der Waals surface area contributed by atoms with E-state index in [-0.39, 0.29) is 22.6 Å². The van der Waals surface area contributed by atoms with E-state index >= 15 is 0 Å². The van der Waals surface area contributed by atoms with E-state index < -0.39 is 10.0 Å². The molecule has 2 aromatic carbocycles. The number of benzene rings is 2. The van der Waals surface area contributed by atoms with E-state index in [2.05, 4.69) is 10.2 Å². The lowest BCUT2D eigenvalue weighted by atomic mass is 10.1. The minimum Gasteiger partial charge on any atom is -0.421 e. The van der Waals surface area contributed by atoms with Crippen molar-refractivity contribution in [3.8, 4) is 11.5 Å². The molecule has 2 heterocycles. The van der Waals surface area contributed by atoms with Crippen molar-refractivity contribution >= 4 is 10.0 Å². The smallest absolute Gasteiger partial charge is 0.247 e. The third kappa shape index (κ3) is 3.38. The number of sulfonamides is 1. The summed E-state index contributed by atoms with van der Waals surface area (Å²) >= 11 is 0. The number of hydrogen-bond donors (Lipinski definition) is 0. The van der Waals surface area contributed by atoms with Gasteiger partial charge in [0.1, 0.15) is 5.82 Å². The minimum absolute atomic E-state index is 0.171. The van der Waals surface area contributed by atoms with Crippen molar-refractivity contribution in [3.63, 3.8) is 0 Å². The summed E-state index contributed by atoms with van der Waals surface area (Å²) in [6, 6.07) is 12.2. The Bertz CT molecular complexity index is 1060. The van der Waals surface area contributed by atoms with Crippen molar-refractivity contribution in [2.75, 3.05) is 6.54 Å². The highest BCUT2D eigenvalue weighted by atomic mass is 32.2. The zero-order valence-corrected chi connectivity index (χ0v) is 15.5. The van der Waals surface area contributed by atoms with E-state index in [0.717, 1.165) is 12.0 Å². The number of nitrogens with zero attached hydrogens (tertiary/aromatic N) is 3. The van der Waals surface area contributed by atoms with Gasteiger partial charge in [-0.05, 0) is 48.7 Å². The Kier molecular flexibility index (Phi) is 4.53. The summed E-state index contributed by atoms with van der Waals surface area (Å²) in [7, 11) is -3.72. The number of aryl methyl sites for hydroxylation is 1. The summed E-state index contributed by atoms with van der Waals surface area (Å²) in [4.78, 5) is 0.171. The van der Waals surface area contributed by atoms with Gasteiger partial charge < -0.3 is 4.42 Å². The maximum absolute atomic E-state index is 13.3. The molecule has 140 valence electrons. The third-order valence-corrected chi connectivity index (χ3v) is 6.58. The molecule has 6 nitrogen and oxygen atoms in total. The summed E-state index contributed by atoms with van der Waals surface area (Å²) in [5.41, 5.74) is 1.34. The van der Waals surface area contributed by atoms with Crippen molar-refractivity contribution in [2.45, 2.75) is 30.7 Å². The molecule has 0 unspecified atom stereocenters. The highest BCUT2D eigenvalue weighted by molar-refractivity contribution is 7.89. The van der Waals surface area contributed by atoms with Crippen LogP contribution in [0.15, 0.2) is 57.8 Å². The highest BCUT2D eigenvalue weighted by Crippen LogP contribution is 2.37. The highest BCUT2D eigenvalue weighted by Gasteiger charge is 2.36. The molecular formula is C19H18FN3O3S. The molecule has 0 spiro atoms. The van der Waals surface area contributed by atoms with Gasteiger partial charge in [-0.1, -0.05) is 18.2 Å². The predicted octanol–water partition coefficient (Wildman–Crippen LogP) is 3.71. The van der Waals surface area contributed by atoms with E-state index in [1.54, 1.807) is 43.3 Å². The quantitative estimate of drug-likeness (QED) is 0.682. The van der Waals surface area contributed by atoms with Crippen molar-refractivity contribution in [2.24, 2.45) is 0 Å². The molecule has 0 saturated carbocycles. The van der Waals surface area contributed by atoms with Crippen LogP contribution in [0.2, 0.25) is 0 Å². The Morgan fingerprint density at radius 2 is 1.93 bits per heavy atom. The Hall–Kier alpha value is -2.58. The Balaban J connectivity index is 1.69. The third-order valence-electron chi connectivity index (χ3n) is 4.67. The molecule has 0 amide bonds. The molecule has 0 radical (unpaired) electrons. The van der Waals surface area contributed by atoms with Gasteiger partial charge in [0, 0.05) is 19.0 Å². The molecular weight excluding hydrogens is 369 g/mol. The lowest BCUT2D eigenvalue weighted by molar-refractivity contribution is 0.396. The van der Waals surface area contributed by atoms with Gasteiger partial charge in [0.15, 0.2) is 0 Å². The minimum atomic E-state index is -3.72. The molecule has 8 heteroatoms. The van der Waals surface area contributed by atoms with Crippen LogP contribution >= 0.6 is 0 Å². The van der Waals surface area contributed by atoms with E-state index in [9.17, 15) is 12.8 Å². The second kappa shape index (κ2) is 6.86. The van der Waals surface area contributed by atoms with Gasteiger partial charge in [0.05, 0.1) is 10.9 Å². The fraction of sp³-hybridized carbons (Fsp3) is 0.263. The zero-order valence-electron chi connectivity index (χ0n) is 14.7. The first kappa shape index (κ1) is 17.8. The zero-order chi connectivity index (χ0) is 19.0. The summed E-state index contributed by atoms with van der Waals surface area (Å²) in [5.74, 6) is 0.351. The lowest BCUT2D eigenvalue weighted by Gasteiger charge is -2.24. The van der Waals surface area contributed by atoms with Crippen LogP contribution < -0.4 is 0 Å². The second-order valence-electron chi connectivity index (χ2n) is 6.48. The van der Waals surface area contributed by atoms with Gasteiger partial charge in [0.2, 0.25) is 21.8 Å². The fourth-order valence-electron chi connectivity index (χ4n) is 3.38. The van der Waals surface area contributed by atoms with E-state index in [1.165, 1.54) is 16.4 Å². The van der Waals surface area contributed by atoms with Crippen LogP contribution in [-0.4, -0.2) is 29.5 Å². The maximum Gasteiger partial charge on any atom is 0.247 e. The molecule has 0 bridgehead atoms. The molecule has 27 heavy (non-hydrogen) atoms.